The van der Waals surface area contributed by atoms with Gasteiger partial charge in [-0.05, 0) is 33.7 Å². The number of aliphatic hydroxyl groups is 1. The molecule has 4 aromatic rings. The lowest BCUT2D eigenvalue weighted by Gasteiger charge is -2.36. The van der Waals surface area contributed by atoms with Crippen molar-refractivity contribution in [2.45, 2.75) is 36.7 Å². The highest BCUT2D eigenvalue weighted by Crippen LogP contribution is 2.39. The van der Waals surface area contributed by atoms with Gasteiger partial charge in [-0.15, -0.1) is 5.10 Å². The van der Waals surface area contributed by atoms with E-state index in [9.17, 15) is 31.9 Å². The molecule has 1 aromatic heterocycles. The fourth-order valence-corrected chi connectivity index (χ4v) is 5.12. The molecule has 2 N–H and O–H groups in total. The molecule has 1 fully saturated rings. The van der Waals surface area contributed by atoms with Crippen molar-refractivity contribution < 1.29 is 41.3 Å². The molecule has 2 heterocycles. The van der Waals surface area contributed by atoms with Crippen LogP contribution in [-0.2, 0) is 23.1 Å². The molecule has 0 bridgehead atoms. The van der Waals surface area contributed by atoms with Crippen molar-refractivity contribution in [3.05, 3.63) is 99.9 Å². The summed E-state index contributed by atoms with van der Waals surface area (Å²) >= 11 is 1.40. The highest BCUT2D eigenvalue weighted by Gasteiger charge is 2.33. The molecule has 3 atom stereocenters. The highest BCUT2D eigenvalue weighted by atomic mass is 32.2. The Morgan fingerprint density at radius 2 is 1.57 bits per heavy atom. The minimum atomic E-state index is -2.36. The van der Waals surface area contributed by atoms with Crippen molar-refractivity contribution in [3.63, 3.8) is 0 Å². The predicted octanol–water partition coefficient (Wildman–Crippen LogP) is 4.99. The summed E-state index contributed by atoms with van der Waals surface area (Å²) in [6.45, 7) is -0.101. The van der Waals surface area contributed by atoms with Gasteiger partial charge in [-0.25, -0.2) is 26.6 Å². The average molecular weight is 608 g/mol. The first kappa shape index (κ1) is 29.6. The van der Waals surface area contributed by atoms with E-state index in [1.807, 2.05) is 12.1 Å². The van der Waals surface area contributed by atoms with Gasteiger partial charge in [-0.2, -0.15) is 0 Å². The maximum absolute atomic E-state index is 14.1. The molecule has 0 spiro atoms. The number of carbonyl (C=O) groups excluding carboxylic acids is 1. The van der Waals surface area contributed by atoms with Gasteiger partial charge in [-0.3, -0.25) is 4.79 Å². The second kappa shape index (κ2) is 12.5. The number of nitrogens with zero attached hydrogens (tertiary/aromatic N) is 4. The van der Waals surface area contributed by atoms with Crippen LogP contribution in [0.3, 0.4) is 0 Å². The van der Waals surface area contributed by atoms with Crippen LogP contribution in [0.15, 0.2) is 53.7 Å². The number of amides is 1. The molecule has 9 nitrogen and oxygen atoms in total. The molecule has 1 saturated heterocycles. The van der Waals surface area contributed by atoms with E-state index >= 15 is 0 Å². The first-order valence-electron chi connectivity index (χ1n) is 12.4. The Bertz CT molecular complexity index is 1560. The van der Waals surface area contributed by atoms with Crippen LogP contribution in [0.1, 0.15) is 45.9 Å². The Kier molecular flexibility index (Phi) is 8.82. The predicted molar refractivity (Wildman–Crippen MR) is 139 cm³/mol. The van der Waals surface area contributed by atoms with Gasteiger partial charge in [0, 0.05) is 30.5 Å². The Morgan fingerprint density at radius 3 is 2.17 bits per heavy atom. The number of anilines is 1. The lowest BCUT2D eigenvalue weighted by atomic mass is 10.0. The number of nitrogens with one attached hydrogen (secondary N) is 1. The van der Waals surface area contributed by atoms with Crippen LogP contribution in [0.5, 0.6) is 0 Å². The van der Waals surface area contributed by atoms with Gasteiger partial charge in [0.05, 0.1) is 18.8 Å². The summed E-state index contributed by atoms with van der Waals surface area (Å²) in [6.07, 6.45) is -1.04. The monoisotopic (exact) mass is 607 g/mol. The van der Waals surface area contributed by atoms with Gasteiger partial charge in [-0.1, -0.05) is 48.2 Å². The van der Waals surface area contributed by atoms with Crippen LogP contribution in [-0.4, -0.2) is 43.1 Å². The molecule has 5 rings (SSSR count). The van der Waals surface area contributed by atoms with Crippen molar-refractivity contribution in [1.82, 2.24) is 20.2 Å². The second-order valence-electron chi connectivity index (χ2n) is 9.27. The summed E-state index contributed by atoms with van der Waals surface area (Å²) in [5, 5.41) is 23.5. The van der Waals surface area contributed by atoms with Crippen molar-refractivity contribution in [2.75, 3.05) is 11.1 Å². The number of aryl methyl sites for hydroxylation is 1. The van der Waals surface area contributed by atoms with Gasteiger partial charge in [0.1, 0.15) is 5.56 Å². The molecule has 42 heavy (non-hydrogen) atoms. The van der Waals surface area contributed by atoms with Gasteiger partial charge in [0.2, 0.25) is 11.0 Å². The Balaban J connectivity index is 1.34. The van der Waals surface area contributed by atoms with Gasteiger partial charge in [0.15, 0.2) is 29.6 Å². The number of tetrazole rings is 1. The standard InChI is InChI=1S/C27H22F5N5O4S/c1-37-27(34-35-36-37)42-12-17-10-18(14-4-2-13(11-38)3-5-14)41-26(40-17)15-6-8-16(9-7-15)33-25(39)19-20(28)22(30)24(32)23(31)21(19)29/h2-9,17-18,26,38H,10-12H2,1H3,(H,33,39)/t17-,18+,26+/m0/s1. The zero-order valence-electron chi connectivity index (χ0n) is 21.7. The maximum Gasteiger partial charge on any atom is 0.261 e. The number of aromatic nitrogens is 4. The number of hydrogen-bond donors (Lipinski definition) is 2. The number of halogens is 5. The van der Waals surface area contributed by atoms with Gasteiger partial charge < -0.3 is 19.9 Å². The van der Waals surface area contributed by atoms with Crippen molar-refractivity contribution in [1.29, 1.82) is 0 Å². The van der Waals surface area contributed by atoms with E-state index in [1.165, 1.54) is 40.7 Å². The number of aliphatic hydroxyl groups excluding tert-OH is 1. The van der Waals surface area contributed by atoms with Crippen molar-refractivity contribution in [2.24, 2.45) is 7.05 Å². The zero-order chi connectivity index (χ0) is 30.0. The van der Waals surface area contributed by atoms with Crippen LogP contribution in [0.25, 0.3) is 0 Å². The molecule has 0 saturated carbocycles. The Hall–Kier alpha value is -3.92. The molecular weight excluding hydrogens is 585 g/mol. The molecular formula is C27H22F5N5O4S. The van der Waals surface area contributed by atoms with E-state index in [2.05, 4.69) is 20.8 Å². The first-order valence-corrected chi connectivity index (χ1v) is 13.4. The third kappa shape index (κ3) is 6.13. The number of carbonyl (C=O) groups is 1. The smallest absolute Gasteiger partial charge is 0.261 e. The normalized spacial score (nSPS) is 18.7. The molecule has 1 aliphatic rings. The zero-order valence-corrected chi connectivity index (χ0v) is 22.5. The molecule has 0 aliphatic carbocycles. The Morgan fingerprint density at radius 1 is 0.952 bits per heavy atom. The Labute approximate surface area is 239 Å². The summed E-state index contributed by atoms with van der Waals surface area (Å²) in [5.41, 5.74) is 0.580. The summed E-state index contributed by atoms with van der Waals surface area (Å²) in [7, 11) is 1.72. The minimum Gasteiger partial charge on any atom is -0.392 e. The summed E-state index contributed by atoms with van der Waals surface area (Å²) in [6, 6.07) is 13.1. The molecule has 3 aromatic carbocycles. The van der Waals surface area contributed by atoms with Gasteiger partial charge in [0.25, 0.3) is 5.91 Å². The quantitative estimate of drug-likeness (QED) is 0.125. The number of rotatable bonds is 8. The maximum atomic E-state index is 14.1. The van der Waals surface area contributed by atoms with E-state index in [-0.39, 0.29) is 24.5 Å². The molecule has 15 heteroatoms. The number of thioether (sulfide) groups is 1. The highest BCUT2D eigenvalue weighted by molar-refractivity contribution is 7.99. The molecule has 1 aliphatic heterocycles. The van der Waals surface area contributed by atoms with Crippen LogP contribution < -0.4 is 5.32 Å². The average Bonchev–Trinajstić information content (AvgIpc) is 3.42. The minimum absolute atomic E-state index is 0.0292. The van der Waals surface area contributed by atoms with Crippen LogP contribution >= 0.6 is 11.8 Å². The summed E-state index contributed by atoms with van der Waals surface area (Å²) < 4.78 is 82.5. The van der Waals surface area contributed by atoms with Gasteiger partial charge >= 0.3 is 0 Å². The van der Waals surface area contributed by atoms with E-state index in [0.29, 0.717) is 22.9 Å². The number of ether oxygens (including phenoxy) is 2. The molecule has 0 unspecified atom stereocenters. The van der Waals surface area contributed by atoms with Crippen molar-refractivity contribution >= 4 is 23.4 Å². The lowest BCUT2D eigenvalue weighted by molar-refractivity contribution is -0.245. The third-order valence-corrected chi connectivity index (χ3v) is 7.61. The molecule has 0 radical (unpaired) electrons. The number of hydrogen-bond acceptors (Lipinski definition) is 8. The second-order valence-corrected chi connectivity index (χ2v) is 10.3. The molecule has 1 amide bonds. The fraction of sp³-hybridized carbons (Fsp3) is 0.259. The first-order chi connectivity index (χ1) is 20.2. The van der Waals surface area contributed by atoms with Crippen molar-refractivity contribution in [3.8, 4) is 0 Å². The van der Waals surface area contributed by atoms with E-state index in [1.54, 1.807) is 19.2 Å². The topological polar surface area (TPSA) is 111 Å². The van der Waals surface area contributed by atoms with Crippen LogP contribution in [0, 0.1) is 29.1 Å². The third-order valence-electron chi connectivity index (χ3n) is 6.47. The fourth-order valence-electron chi connectivity index (χ4n) is 4.26. The SMILES string of the molecule is Cn1nnnc1SC[C@@H]1C[C@H](c2ccc(CO)cc2)O[C@H](c2ccc(NC(=O)c3c(F)c(F)c(F)c(F)c3F)cc2)O1. The lowest BCUT2D eigenvalue weighted by Crippen LogP contribution is -2.31. The summed E-state index contributed by atoms with van der Waals surface area (Å²) in [4.78, 5) is 12.4. The van der Waals surface area contributed by atoms with E-state index < -0.39 is 46.8 Å². The van der Waals surface area contributed by atoms with Crippen LogP contribution in [0.2, 0.25) is 0 Å². The van der Waals surface area contributed by atoms with Crippen LogP contribution in [0.4, 0.5) is 27.6 Å². The molecule has 220 valence electrons. The van der Waals surface area contributed by atoms with E-state index in [0.717, 1.165) is 11.1 Å². The van der Waals surface area contributed by atoms with E-state index in [4.69, 9.17) is 9.47 Å². The summed E-state index contributed by atoms with van der Waals surface area (Å²) in [5.74, 6) is -12.3. The number of benzene rings is 3. The largest absolute Gasteiger partial charge is 0.392 e.